The van der Waals surface area contributed by atoms with Gasteiger partial charge >= 0.3 is 11.9 Å². The molecule has 0 saturated carbocycles. The van der Waals surface area contributed by atoms with Gasteiger partial charge in [-0.1, -0.05) is 66.7 Å². The molecule has 0 saturated heterocycles. The van der Waals surface area contributed by atoms with E-state index >= 15 is 0 Å². The molecular formula is C24H21NO5. The van der Waals surface area contributed by atoms with Crippen LogP contribution in [-0.2, 0) is 25.5 Å². The van der Waals surface area contributed by atoms with Crippen LogP contribution in [0.15, 0.2) is 78.9 Å². The van der Waals surface area contributed by atoms with Crippen molar-refractivity contribution >= 4 is 23.5 Å². The van der Waals surface area contributed by atoms with E-state index in [0.29, 0.717) is 5.69 Å². The zero-order valence-electron chi connectivity index (χ0n) is 16.5. The first-order valence-corrected chi connectivity index (χ1v) is 9.34. The van der Waals surface area contributed by atoms with E-state index in [1.54, 1.807) is 18.2 Å². The SMILES string of the molecule is COC(=O)c1ccccc1NC(=O)COC(=O)Cc1ccc(-c2ccccc2)cc1. The number of carbonyl (C=O) groups is 3. The Morgan fingerprint density at radius 2 is 1.43 bits per heavy atom. The molecule has 3 aromatic rings. The lowest BCUT2D eigenvalue weighted by Crippen LogP contribution is -2.22. The van der Waals surface area contributed by atoms with Crippen LogP contribution in [0, 0.1) is 0 Å². The van der Waals surface area contributed by atoms with Crippen molar-refractivity contribution in [2.24, 2.45) is 0 Å². The molecule has 0 fully saturated rings. The second-order valence-corrected chi connectivity index (χ2v) is 6.49. The van der Waals surface area contributed by atoms with E-state index in [2.05, 4.69) is 10.1 Å². The molecule has 0 radical (unpaired) electrons. The summed E-state index contributed by atoms with van der Waals surface area (Å²) in [6.07, 6.45) is 0.0566. The fraction of sp³-hybridized carbons (Fsp3) is 0.125. The molecule has 0 aliphatic carbocycles. The second kappa shape index (κ2) is 10.0. The highest BCUT2D eigenvalue weighted by molar-refractivity contribution is 6.01. The number of rotatable bonds is 7. The third kappa shape index (κ3) is 5.54. The van der Waals surface area contributed by atoms with Crippen molar-refractivity contribution in [1.29, 1.82) is 0 Å². The van der Waals surface area contributed by atoms with Gasteiger partial charge < -0.3 is 14.8 Å². The van der Waals surface area contributed by atoms with Gasteiger partial charge in [-0.2, -0.15) is 0 Å². The Hall–Kier alpha value is -3.93. The van der Waals surface area contributed by atoms with Crippen molar-refractivity contribution in [1.82, 2.24) is 0 Å². The number of methoxy groups -OCH3 is 1. The topological polar surface area (TPSA) is 81.7 Å². The van der Waals surface area contributed by atoms with Gasteiger partial charge in [-0.3, -0.25) is 9.59 Å². The van der Waals surface area contributed by atoms with Crippen LogP contribution in [0.3, 0.4) is 0 Å². The average Bonchev–Trinajstić information content (AvgIpc) is 2.78. The van der Waals surface area contributed by atoms with Crippen LogP contribution in [0.25, 0.3) is 11.1 Å². The largest absolute Gasteiger partial charge is 0.465 e. The third-order valence-electron chi connectivity index (χ3n) is 4.38. The van der Waals surface area contributed by atoms with E-state index in [1.165, 1.54) is 13.2 Å². The minimum atomic E-state index is -0.568. The minimum absolute atomic E-state index is 0.0566. The molecule has 30 heavy (non-hydrogen) atoms. The van der Waals surface area contributed by atoms with E-state index < -0.39 is 24.5 Å². The number of ether oxygens (including phenoxy) is 2. The Balaban J connectivity index is 1.51. The summed E-state index contributed by atoms with van der Waals surface area (Å²) >= 11 is 0. The third-order valence-corrected chi connectivity index (χ3v) is 4.38. The first-order valence-electron chi connectivity index (χ1n) is 9.34. The number of esters is 2. The molecule has 0 heterocycles. The molecule has 3 aromatic carbocycles. The van der Waals surface area contributed by atoms with Crippen molar-refractivity contribution in [2.75, 3.05) is 19.0 Å². The summed E-state index contributed by atoms with van der Waals surface area (Å²) in [5.74, 6) is -1.63. The number of amides is 1. The Labute approximate surface area is 174 Å². The Morgan fingerprint density at radius 1 is 0.800 bits per heavy atom. The standard InChI is InChI=1S/C24H21NO5/c1-29-24(28)20-9-5-6-10-21(20)25-22(26)16-30-23(27)15-17-11-13-19(14-12-17)18-7-3-2-4-8-18/h2-14H,15-16H2,1H3,(H,25,26). The molecular weight excluding hydrogens is 382 g/mol. The highest BCUT2D eigenvalue weighted by atomic mass is 16.5. The van der Waals surface area contributed by atoms with Crippen LogP contribution in [0.1, 0.15) is 15.9 Å². The van der Waals surface area contributed by atoms with E-state index in [9.17, 15) is 14.4 Å². The van der Waals surface area contributed by atoms with E-state index in [-0.39, 0.29) is 12.0 Å². The summed E-state index contributed by atoms with van der Waals surface area (Å²) in [6.45, 7) is -0.448. The molecule has 6 heteroatoms. The number of hydrogen-bond donors (Lipinski definition) is 1. The lowest BCUT2D eigenvalue weighted by Gasteiger charge is -2.10. The van der Waals surface area contributed by atoms with Crippen molar-refractivity contribution in [2.45, 2.75) is 6.42 Å². The van der Waals surface area contributed by atoms with Gasteiger partial charge in [0.2, 0.25) is 0 Å². The maximum absolute atomic E-state index is 12.1. The van der Waals surface area contributed by atoms with Crippen molar-refractivity contribution in [3.63, 3.8) is 0 Å². The van der Waals surface area contributed by atoms with Gasteiger partial charge in [0.15, 0.2) is 6.61 Å². The van der Waals surface area contributed by atoms with Crippen molar-refractivity contribution in [3.8, 4) is 11.1 Å². The summed E-state index contributed by atoms with van der Waals surface area (Å²) in [5, 5.41) is 2.55. The van der Waals surface area contributed by atoms with E-state index in [1.807, 2.05) is 54.6 Å². The van der Waals surface area contributed by atoms with Crippen LogP contribution >= 0.6 is 0 Å². The van der Waals surface area contributed by atoms with Crippen LogP contribution in [0.4, 0.5) is 5.69 Å². The summed E-state index contributed by atoms with van der Waals surface area (Å²) in [6, 6.07) is 23.9. The molecule has 1 N–H and O–H groups in total. The van der Waals surface area contributed by atoms with Gasteiger partial charge in [0.1, 0.15) is 0 Å². The van der Waals surface area contributed by atoms with Crippen molar-refractivity contribution < 1.29 is 23.9 Å². The Bertz CT molecular complexity index is 1030. The smallest absolute Gasteiger partial charge is 0.339 e. The summed E-state index contributed by atoms with van der Waals surface area (Å²) in [7, 11) is 1.26. The van der Waals surface area contributed by atoms with Crippen LogP contribution in [0.2, 0.25) is 0 Å². The molecule has 3 rings (SSSR count). The zero-order valence-corrected chi connectivity index (χ0v) is 16.5. The molecule has 0 aromatic heterocycles. The summed E-state index contributed by atoms with van der Waals surface area (Å²) in [4.78, 5) is 35.9. The molecule has 0 aliphatic rings. The number of hydrogen-bond acceptors (Lipinski definition) is 5. The molecule has 0 unspecified atom stereocenters. The van der Waals surface area contributed by atoms with Crippen LogP contribution < -0.4 is 5.32 Å². The molecule has 0 spiro atoms. The second-order valence-electron chi connectivity index (χ2n) is 6.49. The monoisotopic (exact) mass is 403 g/mol. The van der Waals surface area contributed by atoms with Gasteiger partial charge in [0, 0.05) is 0 Å². The number of anilines is 1. The van der Waals surface area contributed by atoms with Crippen LogP contribution in [-0.4, -0.2) is 31.6 Å². The average molecular weight is 403 g/mol. The number of para-hydroxylation sites is 1. The quantitative estimate of drug-likeness (QED) is 0.606. The lowest BCUT2D eigenvalue weighted by atomic mass is 10.0. The zero-order chi connectivity index (χ0) is 21.3. The molecule has 152 valence electrons. The fourth-order valence-corrected chi connectivity index (χ4v) is 2.88. The highest BCUT2D eigenvalue weighted by Crippen LogP contribution is 2.19. The number of nitrogens with one attached hydrogen (secondary N) is 1. The predicted octanol–water partition coefficient (Wildman–Crippen LogP) is 3.86. The predicted molar refractivity (Wildman–Crippen MR) is 113 cm³/mol. The number of carbonyl (C=O) groups excluding carboxylic acids is 3. The normalized spacial score (nSPS) is 10.2. The first-order chi connectivity index (χ1) is 14.6. The molecule has 0 atom stereocenters. The first kappa shape index (κ1) is 20.8. The Kier molecular flexibility index (Phi) is 6.95. The van der Waals surface area contributed by atoms with Gasteiger partial charge in [-0.05, 0) is 28.8 Å². The van der Waals surface area contributed by atoms with Gasteiger partial charge in [0.25, 0.3) is 5.91 Å². The van der Waals surface area contributed by atoms with Crippen molar-refractivity contribution in [3.05, 3.63) is 90.0 Å². The minimum Gasteiger partial charge on any atom is -0.465 e. The van der Waals surface area contributed by atoms with Crippen LogP contribution in [0.5, 0.6) is 0 Å². The summed E-state index contributed by atoms with van der Waals surface area (Å²) < 4.78 is 9.74. The Morgan fingerprint density at radius 3 is 2.13 bits per heavy atom. The van der Waals surface area contributed by atoms with E-state index in [0.717, 1.165) is 16.7 Å². The summed E-state index contributed by atoms with van der Waals surface area (Å²) in [5.41, 5.74) is 3.45. The molecule has 0 aliphatic heterocycles. The fourth-order valence-electron chi connectivity index (χ4n) is 2.88. The van der Waals surface area contributed by atoms with Gasteiger partial charge in [-0.15, -0.1) is 0 Å². The maximum atomic E-state index is 12.1. The molecule has 1 amide bonds. The highest BCUT2D eigenvalue weighted by Gasteiger charge is 2.14. The van der Waals surface area contributed by atoms with E-state index in [4.69, 9.17) is 4.74 Å². The van der Waals surface area contributed by atoms with Gasteiger partial charge in [-0.25, -0.2) is 4.79 Å². The van der Waals surface area contributed by atoms with Gasteiger partial charge in [0.05, 0.1) is 24.8 Å². The maximum Gasteiger partial charge on any atom is 0.339 e. The molecule has 6 nitrogen and oxygen atoms in total. The molecule has 0 bridgehead atoms. The number of benzene rings is 3. The lowest BCUT2D eigenvalue weighted by molar-refractivity contribution is -0.146.